The van der Waals surface area contributed by atoms with Crippen LogP contribution in [0.15, 0.2) is 59.8 Å². The second-order valence-electron chi connectivity index (χ2n) is 3.14. The Hall–Kier alpha value is -1.28. The van der Waals surface area contributed by atoms with Crippen LogP contribution in [-0.4, -0.2) is 4.98 Å². The highest BCUT2D eigenvalue weighted by molar-refractivity contribution is 8.01. The zero-order valence-corrected chi connectivity index (χ0v) is 9.15. The summed E-state index contributed by atoms with van der Waals surface area (Å²) in [6.07, 6.45) is 2.79. The molecule has 0 atom stereocenters. The van der Waals surface area contributed by atoms with E-state index in [1.54, 1.807) is 11.8 Å². The third-order valence-corrected chi connectivity index (χ3v) is 2.82. The van der Waals surface area contributed by atoms with Crippen molar-refractivity contribution in [3.8, 4) is 0 Å². The van der Waals surface area contributed by atoms with E-state index in [4.69, 9.17) is 0 Å². The molecule has 0 unspecified atom stereocenters. The highest BCUT2D eigenvalue weighted by Gasteiger charge is 1.95. The Kier molecular flexibility index (Phi) is 3.80. The molecule has 0 bridgehead atoms. The van der Waals surface area contributed by atoms with Gasteiger partial charge in [0.25, 0.3) is 0 Å². The van der Waals surface area contributed by atoms with E-state index in [2.05, 4.69) is 35.0 Å². The van der Waals surface area contributed by atoms with Crippen LogP contribution in [0.25, 0.3) is 0 Å². The average Bonchev–Trinajstić information content (AvgIpc) is 2.32. The first-order chi connectivity index (χ1) is 7.45. The van der Waals surface area contributed by atoms with E-state index < -0.39 is 0 Å². The summed E-state index contributed by atoms with van der Waals surface area (Å²) < 4.78 is 0. The van der Waals surface area contributed by atoms with Crippen molar-refractivity contribution in [2.24, 2.45) is 0 Å². The number of benzene rings is 1. The van der Waals surface area contributed by atoms with Crippen LogP contribution in [0.2, 0.25) is 0 Å². The van der Waals surface area contributed by atoms with Gasteiger partial charge in [0.15, 0.2) is 0 Å². The lowest BCUT2D eigenvalue weighted by molar-refractivity contribution is 1.13. The second kappa shape index (κ2) is 5.56. The molecule has 0 saturated heterocycles. The van der Waals surface area contributed by atoms with Crippen LogP contribution in [0.5, 0.6) is 0 Å². The minimum atomic E-state index is 0.974. The van der Waals surface area contributed by atoms with Crippen molar-refractivity contribution in [2.45, 2.75) is 11.4 Å². The minimum absolute atomic E-state index is 0.974. The van der Waals surface area contributed by atoms with Crippen LogP contribution in [0, 0.1) is 5.75 Å². The van der Waals surface area contributed by atoms with Crippen molar-refractivity contribution in [2.75, 3.05) is 0 Å². The number of nitrogens with zero attached hydrogens (tertiary/aromatic N) is 1. The number of aromatic nitrogens is 1. The predicted molar refractivity (Wildman–Crippen MR) is 64.5 cm³/mol. The van der Waals surface area contributed by atoms with Gasteiger partial charge in [0.1, 0.15) is 0 Å². The summed E-state index contributed by atoms with van der Waals surface area (Å²) in [6.45, 7) is 0. The van der Waals surface area contributed by atoms with E-state index in [0.29, 0.717) is 0 Å². The number of hydrogen-bond acceptors (Lipinski definition) is 2. The molecule has 1 heterocycles. The van der Waals surface area contributed by atoms with Gasteiger partial charge in [0, 0.05) is 11.9 Å². The third-order valence-electron chi connectivity index (χ3n) is 2.00. The Morgan fingerprint density at radius 2 is 1.80 bits per heavy atom. The van der Waals surface area contributed by atoms with Crippen LogP contribution in [0.3, 0.4) is 0 Å². The molecule has 0 amide bonds. The van der Waals surface area contributed by atoms with Crippen molar-refractivity contribution in [1.29, 1.82) is 0 Å². The lowest BCUT2D eigenvalue weighted by atomic mass is 10.2. The van der Waals surface area contributed by atoms with E-state index in [9.17, 15) is 0 Å². The molecule has 0 aliphatic rings. The van der Waals surface area contributed by atoms with Crippen molar-refractivity contribution < 1.29 is 0 Å². The molecule has 0 aliphatic carbocycles. The van der Waals surface area contributed by atoms with E-state index >= 15 is 0 Å². The Morgan fingerprint density at radius 3 is 2.53 bits per heavy atom. The molecule has 0 saturated carbocycles. The monoisotopic (exact) mass is 214 g/mol. The maximum absolute atomic E-state index is 4.24. The molecular formula is C13H12NS. The largest absolute Gasteiger partial charge is 0.250 e. The topological polar surface area (TPSA) is 12.9 Å². The van der Waals surface area contributed by atoms with Crippen LogP contribution in [0.1, 0.15) is 5.56 Å². The summed E-state index contributed by atoms with van der Waals surface area (Å²) in [5.41, 5.74) is 1.33. The van der Waals surface area contributed by atoms with Crippen molar-refractivity contribution in [3.05, 3.63) is 66.0 Å². The highest BCUT2D eigenvalue weighted by atomic mass is 32.2. The lowest BCUT2D eigenvalue weighted by Crippen LogP contribution is -1.83. The van der Waals surface area contributed by atoms with E-state index in [0.717, 1.165) is 11.4 Å². The molecule has 75 valence electrons. The van der Waals surface area contributed by atoms with Crippen LogP contribution >= 0.6 is 11.8 Å². The first-order valence-corrected chi connectivity index (χ1v) is 5.76. The van der Waals surface area contributed by atoms with E-state index in [-0.39, 0.29) is 0 Å². The van der Waals surface area contributed by atoms with Gasteiger partial charge in [-0.15, -0.1) is 11.8 Å². The Labute approximate surface area is 94.6 Å². The van der Waals surface area contributed by atoms with Gasteiger partial charge in [-0.3, -0.25) is 0 Å². The average molecular weight is 214 g/mol. The zero-order chi connectivity index (χ0) is 10.3. The quantitative estimate of drug-likeness (QED) is 0.721. The molecule has 0 aliphatic heterocycles. The summed E-state index contributed by atoms with van der Waals surface area (Å²) in [5, 5.41) is 1.05. The van der Waals surface area contributed by atoms with Gasteiger partial charge >= 0.3 is 0 Å². The van der Waals surface area contributed by atoms with E-state index in [1.165, 1.54) is 5.56 Å². The van der Waals surface area contributed by atoms with Gasteiger partial charge in [-0.25, -0.2) is 4.98 Å². The van der Waals surface area contributed by atoms with Crippen molar-refractivity contribution >= 4 is 11.8 Å². The first kappa shape index (κ1) is 10.2. The van der Waals surface area contributed by atoms with Gasteiger partial charge < -0.3 is 0 Å². The summed E-state index contributed by atoms with van der Waals surface area (Å²) in [4.78, 5) is 4.24. The number of rotatable bonds is 4. The normalized spacial score (nSPS) is 10.1. The highest BCUT2D eigenvalue weighted by Crippen LogP contribution is 2.19. The third kappa shape index (κ3) is 3.40. The SMILES string of the molecule is [CH](Cc1ccccc1)Sc1ccccn1. The summed E-state index contributed by atoms with van der Waals surface area (Å²) >= 11 is 1.68. The Bertz CT molecular complexity index is 346. The molecular weight excluding hydrogens is 202 g/mol. The molecule has 2 heteroatoms. The summed E-state index contributed by atoms with van der Waals surface area (Å²) in [5.74, 6) is 2.18. The maximum atomic E-state index is 4.24. The smallest absolute Gasteiger partial charge is 0.0962 e. The predicted octanol–water partition coefficient (Wildman–Crippen LogP) is 3.58. The minimum Gasteiger partial charge on any atom is -0.250 e. The van der Waals surface area contributed by atoms with E-state index in [1.807, 2.05) is 30.5 Å². The molecule has 0 spiro atoms. The Balaban J connectivity index is 1.81. The lowest BCUT2D eigenvalue weighted by Gasteiger charge is -2.00. The molecule has 2 rings (SSSR count). The van der Waals surface area contributed by atoms with Gasteiger partial charge in [-0.1, -0.05) is 36.4 Å². The van der Waals surface area contributed by atoms with Crippen LogP contribution in [-0.2, 0) is 6.42 Å². The van der Waals surface area contributed by atoms with Gasteiger partial charge in [-0.2, -0.15) is 0 Å². The fourth-order valence-electron chi connectivity index (χ4n) is 1.25. The maximum Gasteiger partial charge on any atom is 0.0962 e. The molecule has 1 aromatic heterocycles. The molecule has 2 aromatic rings. The van der Waals surface area contributed by atoms with Gasteiger partial charge in [0.2, 0.25) is 0 Å². The number of pyridine rings is 1. The standard InChI is InChI=1S/C13H12NS/c1-2-6-12(7-3-1)9-11-15-13-8-4-5-10-14-13/h1-8,10-11H,9H2. The van der Waals surface area contributed by atoms with Crippen LogP contribution < -0.4 is 0 Å². The summed E-state index contributed by atoms with van der Waals surface area (Å²) in [7, 11) is 0. The second-order valence-corrected chi connectivity index (χ2v) is 4.13. The molecule has 0 N–H and O–H groups in total. The summed E-state index contributed by atoms with van der Waals surface area (Å²) in [6, 6.07) is 16.4. The molecule has 15 heavy (non-hydrogen) atoms. The molecule has 1 aromatic carbocycles. The van der Waals surface area contributed by atoms with Crippen LogP contribution in [0.4, 0.5) is 0 Å². The molecule has 1 radical (unpaired) electrons. The van der Waals surface area contributed by atoms with Crippen molar-refractivity contribution in [1.82, 2.24) is 4.98 Å². The first-order valence-electron chi connectivity index (χ1n) is 4.88. The van der Waals surface area contributed by atoms with Gasteiger partial charge in [0.05, 0.1) is 5.03 Å². The van der Waals surface area contributed by atoms with Gasteiger partial charge in [-0.05, 0) is 24.1 Å². The molecule has 0 fully saturated rings. The molecule has 1 nitrogen and oxygen atoms in total. The zero-order valence-electron chi connectivity index (χ0n) is 8.34. The fraction of sp³-hybridized carbons (Fsp3) is 0.0769. The number of hydrogen-bond donors (Lipinski definition) is 0. The fourth-order valence-corrected chi connectivity index (χ4v) is 1.98. The van der Waals surface area contributed by atoms with Crippen molar-refractivity contribution in [3.63, 3.8) is 0 Å². The Morgan fingerprint density at radius 1 is 1.00 bits per heavy atom. The number of thioether (sulfide) groups is 1.